The summed E-state index contributed by atoms with van der Waals surface area (Å²) in [7, 11) is 0. The van der Waals surface area contributed by atoms with Crippen molar-refractivity contribution in [2.24, 2.45) is 0 Å². The lowest BCUT2D eigenvalue weighted by Crippen LogP contribution is -2.37. The van der Waals surface area contributed by atoms with Crippen LogP contribution in [0, 0.1) is 5.82 Å². The van der Waals surface area contributed by atoms with Gasteiger partial charge in [-0.15, -0.1) is 0 Å². The molecule has 0 spiro atoms. The lowest BCUT2D eigenvalue weighted by molar-refractivity contribution is -0.146. The number of hydrogen-bond donors (Lipinski definition) is 1. The maximum absolute atomic E-state index is 13.2. The van der Waals surface area contributed by atoms with E-state index in [1.807, 2.05) is 0 Å². The fraction of sp³-hybridized carbons (Fsp3) is 0.333. The van der Waals surface area contributed by atoms with E-state index in [9.17, 15) is 14.0 Å². The number of amides is 1. The Kier molecular flexibility index (Phi) is 3.65. The topological polar surface area (TPSA) is 57.6 Å². The number of carbonyl (C=O) groups excluding carboxylic acids is 1. The van der Waals surface area contributed by atoms with Crippen LogP contribution >= 0.6 is 15.9 Å². The smallest absolute Gasteiger partial charge is 0.326 e. The van der Waals surface area contributed by atoms with Crippen LogP contribution < -0.4 is 0 Å². The highest BCUT2D eigenvalue weighted by Gasteiger charge is 2.35. The molecule has 96 valence electrons. The summed E-state index contributed by atoms with van der Waals surface area (Å²) in [4.78, 5) is 23.9. The van der Waals surface area contributed by atoms with E-state index in [4.69, 9.17) is 5.11 Å². The molecule has 1 fully saturated rings. The molecule has 2 rings (SSSR count). The molecule has 1 unspecified atom stereocenters. The molecular weight excluding hydrogens is 305 g/mol. The van der Waals surface area contributed by atoms with Gasteiger partial charge in [0.15, 0.2) is 0 Å². The standard InChI is InChI=1S/C12H11BrFNO3/c13-8-3-7(4-9(14)5-8)6-15-10(12(17)18)1-2-11(15)16/h3-5,10H,1-2,6H2,(H,17,18). The van der Waals surface area contributed by atoms with E-state index in [1.54, 1.807) is 6.07 Å². The predicted octanol–water partition coefficient (Wildman–Crippen LogP) is 2.16. The molecule has 18 heavy (non-hydrogen) atoms. The number of rotatable bonds is 3. The molecule has 0 saturated carbocycles. The van der Waals surface area contributed by atoms with Crippen molar-refractivity contribution in [2.45, 2.75) is 25.4 Å². The van der Waals surface area contributed by atoms with Crippen molar-refractivity contribution in [3.8, 4) is 0 Å². The first-order valence-corrected chi connectivity index (χ1v) is 6.24. The first-order valence-electron chi connectivity index (χ1n) is 5.44. The first-order chi connectivity index (χ1) is 8.47. The Bertz CT molecular complexity index is 486. The number of benzene rings is 1. The Morgan fingerprint density at radius 3 is 2.83 bits per heavy atom. The van der Waals surface area contributed by atoms with Gasteiger partial charge in [-0.3, -0.25) is 4.79 Å². The molecule has 0 bridgehead atoms. The number of hydrogen-bond acceptors (Lipinski definition) is 2. The maximum atomic E-state index is 13.2. The third kappa shape index (κ3) is 2.69. The van der Waals surface area contributed by atoms with Gasteiger partial charge in [0, 0.05) is 17.4 Å². The van der Waals surface area contributed by atoms with Crippen LogP contribution in [0.4, 0.5) is 4.39 Å². The third-order valence-electron chi connectivity index (χ3n) is 2.89. The number of likely N-dealkylation sites (tertiary alicyclic amines) is 1. The fourth-order valence-corrected chi connectivity index (χ4v) is 2.60. The van der Waals surface area contributed by atoms with Crippen LogP contribution in [-0.2, 0) is 16.1 Å². The van der Waals surface area contributed by atoms with Crippen molar-refractivity contribution in [1.82, 2.24) is 4.90 Å². The molecule has 1 aliphatic rings. The van der Waals surface area contributed by atoms with Gasteiger partial charge in [-0.25, -0.2) is 9.18 Å². The monoisotopic (exact) mass is 315 g/mol. The summed E-state index contributed by atoms with van der Waals surface area (Å²) in [6, 6.07) is 3.48. The van der Waals surface area contributed by atoms with Crippen LogP contribution in [0.15, 0.2) is 22.7 Å². The van der Waals surface area contributed by atoms with Gasteiger partial charge < -0.3 is 10.0 Å². The Morgan fingerprint density at radius 1 is 1.50 bits per heavy atom. The van der Waals surface area contributed by atoms with E-state index < -0.39 is 17.8 Å². The Labute approximate surface area is 112 Å². The molecule has 1 aromatic carbocycles. The summed E-state index contributed by atoms with van der Waals surface area (Å²) in [6.07, 6.45) is 0.540. The van der Waals surface area contributed by atoms with Crippen LogP contribution in [0.3, 0.4) is 0 Å². The van der Waals surface area contributed by atoms with Crippen molar-refractivity contribution in [1.29, 1.82) is 0 Å². The molecule has 0 aliphatic carbocycles. The first kappa shape index (κ1) is 13.0. The zero-order valence-electron chi connectivity index (χ0n) is 9.40. The van der Waals surface area contributed by atoms with Gasteiger partial charge >= 0.3 is 5.97 Å². The second-order valence-corrected chi connectivity index (χ2v) is 5.11. The Balaban J connectivity index is 2.21. The minimum Gasteiger partial charge on any atom is -0.480 e. The molecule has 1 heterocycles. The van der Waals surface area contributed by atoms with Gasteiger partial charge in [0.1, 0.15) is 11.9 Å². The zero-order valence-corrected chi connectivity index (χ0v) is 11.0. The van der Waals surface area contributed by atoms with Crippen molar-refractivity contribution in [3.05, 3.63) is 34.1 Å². The minimum atomic E-state index is -1.02. The maximum Gasteiger partial charge on any atom is 0.326 e. The highest BCUT2D eigenvalue weighted by molar-refractivity contribution is 9.10. The molecule has 1 aliphatic heterocycles. The van der Waals surface area contributed by atoms with Crippen LogP contribution in [0.1, 0.15) is 18.4 Å². The van der Waals surface area contributed by atoms with Crippen molar-refractivity contribution in [3.63, 3.8) is 0 Å². The number of nitrogens with zero attached hydrogens (tertiary/aromatic N) is 1. The van der Waals surface area contributed by atoms with E-state index >= 15 is 0 Å². The molecule has 6 heteroatoms. The molecular formula is C12H11BrFNO3. The van der Waals surface area contributed by atoms with Gasteiger partial charge in [-0.1, -0.05) is 15.9 Å². The molecule has 0 radical (unpaired) electrons. The normalized spacial score (nSPS) is 19.3. The quantitative estimate of drug-likeness (QED) is 0.930. The highest BCUT2D eigenvalue weighted by Crippen LogP contribution is 2.23. The molecule has 1 saturated heterocycles. The lowest BCUT2D eigenvalue weighted by Gasteiger charge is -2.21. The van der Waals surface area contributed by atoms with E-state index in [-0.39, 0.29) is 18.9 Å². The average molecular weight is 316 g/mol. The van der Waals surface area contributed by atoms with E-state index in [1.165, 1.54) is 17.0 Å². The highest BCUT2D eigenvalue weighted by atomic mass is 79.9. The number of halogens is 2. The minimum absolute atomic E-state index is 0.117. The number of carboxylic acids is 1. The predicted molar refractivity (Wildman–Crippen MR) is 65.3 cm³/mol. The molecule has 0 aromatic heterocycles. The largest absolute Gasteiger partial charge is 0.480 e. The van der Waals surface area contributed by atoms with E-state index in [0.29, 0.717) is 16.5 Å². The van der Waals surface area contributed by atoms with Crippen molar-refractivity contribution in [2.75, 3.05) is 0 Å². The third-order valence-corrected chi connectivity index (χ3v) is 3.35. The summed E-state index contributed by atoms with van der Waals surface area (Å²) < 4.78 is 13.8. The molecule has 4 nitrogen and oxygen atoms in total. The van der Waals surface area contributed by atoms with Crippen molar-refractivity contribution < 1.29 is 19.1 Å². The molecule has 1 amide bonds. The van der Waals surface area contributed by atoms with Crippen LogP contribution in [0.5, 0.6) is 0 Å². The van der Waals surface area contributed by atoms with Gasteiger partial charge in [0.25, 0.3) is 0 Å². The summed E-state index contributed by atoms with van der Waals surface area (Å²) in [5, 5.41) is 9.01. The average Bonchev–Trinajstić information content (AvgIpc) is 2.59. The fourth-order valence-electron chi connectivity index (χ4n) is 2.09. The summed E-state index contributed by atoms with van der Waals surface area (Å²) in [6.45, 7) is 0.117. The summed E-state index contributed by atoms with van der Waals surface area (Å²) >= 11 is 3.16. The number of carbonyl (C=O) groups is 2. The van der Waals surface area contributed by atoms with Gasteiger partial charge in [-0.05, 0) is 30.2 Å². The second-order valence-electron chi connectivity index (χ2n) is 4.19. The van der Waals surface area contributed by atoms with Gasteiger partial charge in [0.2, 0.25) is 5.91 Å². The van der Waals surface area contributed by atoms with Crippen LogP contribution in [0.2, 0.25) is 0 Å². The van der Waals surface area contributed by atoms with E-state index in [2.05, 4.69) is 15.9 Å². The Hall–Kier alpha value is -1.43. The van der Waals surface area contributed by atoms with Crippen LogP contribution in [-0.4, -0.2) is 27.9 Å². The SMILES string of the molecule is O=C(O)C1CCC(=O)N1Cc1cc(F)cc(Br)c1. The lowest BCUT2D eigenvalue weighted by atomic mass is 10.2. The number of carboxylic acid groups (broad SMARTS) is 1. The van der Waals surface area contributed by atoms with Crippen LogP contribution in [0.25, 0.3) is 0 Å². The Morgan fingerprint density at radius 2 is 2.22 bits per heavy atom. The summed E-state index contributed by atoms with van der Waals surface area (Å²) in [5.41, 5.74) is 0.573. The van der Waals surface area contributed by atoms with Gasteiger partial charge in [0.05, 0.1) is 0 Å². The van der Waals surface area contributed by atoms with Crippen molar-refractivity contribution >= 4 is 27.8 Å². The number of aliphatic carboxylic acids is 1. The second kappa shape index (κ2) is 5.06. The molecule has 1 aromatic rings. The summed E-state index contributed by atoms with van der Waals surface area (Å²) in [5.74, 6) is -1.64. The molecule has 1 atom stereocenters. The molecule has 1 N–H and O–H groups in total. The van der Waals surface area contributed by atoms with Gasteiger partial charge in [-0.2, -0.15) is 0 Å². The zero-order chi connectivity index (χ0) is 13.3. The van der Waals surface area contributed by atoms with E-state index in [0.717, 1.165) is 0 Å².